The Balaban J connectivity index is 2.39. The van der Waals surface area contributed by atoms with Gasteiger partial charge in [-0.25, -0.2) is 0 Å². The molecule has 1 aromatic rings. The normalized spacial score (nSPS) is 12.7. The van der Waals surface area contributed by atoms with Crippen molar-refractivity contribution in [3.8, 4) is 5.75 Å². The topological polar surface area (TPSA) is 44.7 Å². The molecule has 0 bridgehead atoms. The first kappa shape index (κ1) is 15.0. The summed E-state index contributed by atoms with van der Waals surface area (Å²) in [5.41, 5.74) is 1.12. The Bertz CT molecular complexity index is 342. The third kappa shape index (κ3) is 5.49. The molecule has 1 unspecified atom stereocenters. The SMILES string of the molecule is CCOc1ccccc1CNCC(O)CN(C)C. The van der Waals surface area contributed by atoms with Crippen molar-refractivity contribution in [3.05, 3.63) is 29.8 Å². The number of hydrogen-bond donors (Lipinski definition) is 2. The molecule has 18 heavy (non-hydrogen) atoms. The lowest BCUT2D eigenvalue weighted by Crippen LogP contribution is -2.34. The van der Waals surface area contributed by atoms with Gasteiger partial charge in [-0.2, -0.15) is 0 Å². The molecule has 0 aliphatic heterocycles. The zero-order valence-electron chi connectivity index (χ0n) is 11.5. The molecule has 0 spiro atoms. The minimum absolute atomic E-state index is 0.348. The van der Waals surface area contributed by atoms with Gasteiger partial charge in [0.15, 0.2) is 0 Å². The number of aliphatic hydroxyl groups excluding tert-OH is 1. The van der Waals surface area contributed by atoms with Crippen LogP contribution in [0.3, 0.4) is 0 Å². The average molecular weight is 252 g/mol. The molecule has 0 aromatic heterocycles. The summed E-state index contributed by atoms with van der Waals surface area (Å²) in [6.07, 6.45) is -0.348. The van der Waals surface area contributed by atoms with E-state index in [1.807, 2.05) is 50.2 Å². The fraction of sp³-hybridized carbons (Fsp3) is 0.571. The van der Waals surface area contributed by atoms with E-state index in [1.54, 1.807) is 0 Å². The van der Waals surface area contributed by atoms with E-state index in [9.17, 15) is 5.11 Å². The lowest BCUT2D eigenvalue weighted by Gasteiger charge is -2.17. The second kappa shape index (κ2) is 8.08. The van der Waals surface area contributed by atoms with Crippen LogP contribution in [0.5, 0.6) is 5.75 Å². The maximum atomic E-state index is 9.73. The standard InChI is InChI=1S/C14H24N2O2/c1-4-18-14-8-6-5-7-12(14)9-15-10-13(17)11-16(2)3/h5-8,13,15,17H,4,9-11H2,1-3H3. The van der Waals surface area contributed by atoms with Crippen molar-refractivity contribution in [1.29, 1.82) is 0 Å². The zero-order valence-corrected chi connectivity index (χ0v) is 11.5. The summed E-state index contributed by atoms with van der Waals surface area (Å²) in [6.45, 7) is 4.60. The van der Waals surface area contributed by atoms with E-state index in [2.05, 4.69) is 5.32 Å². The lowest BCUT2D eigenvalue weighted by atomic mass is 10.2. The number of para-hydroxylation sites is 1. The molecule has 0 aliphatic carbocycles. The fourth-order valence-corrected chi connectivity index (χ4v) is 1.81. The van der Waals surface area contributed by atoms with Gasteiger partial charge in [0.25, 0.3) is 0 Å². The van der Waals surface area contributed by atoms with Gasteiger partial charge in [0.1, 0.15) is 5.75 Å². The smallest absolute Gasteiger partial charge is 0.123 e. The molecule has 1 atom stereocenters. The quantitative estimate of drug-likeness (QED) is 0.727. The van der Waals surface area contributed by atoms with E-state index in [1.165, 1.54) is 0 Å². The van der Waals surface area contributed by atoms with E-state index in [4.69, 9.17) is 4.74 Å². The van der Waals surface area contributed by atoms with Crippen molar-refractivity contribution < 1.29 is 9.84 Å². The summed E-state index contributed by atoms with van der Waals surface area (Å²) >= 11 is 0. The van der Waals surface area contributed by atoms with Gasteiger partial charge in [-0.3, -0.25) is 0 Å². The number of benzene rings is 1. The molecular weight excluding hydrogens is 228 g/mol. The number of ether oxygens (including phenoxy) is 1. The van der Waals surface area contributed by atoms with Crippen molar-refractivity contribution in [1.82, 2.24) is 10.2 Å². The van der Waals surface area contributed by atoms with Crippen molar-refractivity contribution in [2.75, 3.05) is 33.8 Å². The highest BCUT2D eigenvalue weighted by Crippen LogP contribution is 2.17. The summed E-state index contributed by atoms with van der Waals surface area (Å²) in [7, 11) is 3.90. The van der Waals surface area contributed by atoms with Gasteiger partial charge in [-0.1, -0.05) is 18.2 Å². The van der Waals surface area contributed by atoms with Crippen LogP contribution in [-0.2, 0) is 6.54 Å². The summed E-state index contributed by atoms with van der Waals surface area (Å²) in [6, 6.07) is 7.97. The van der Waals surface area contributed by atoms with Gasteiger partial charge in [0.05, 0.1) is 12.7 Å². The highest BCUT2D eigenvalue weighted by molar-refractivity contribution is 5.33. The van der Waals surface area contributed by atoms with Crippen LogP contribution in [-0.4, -0.2) is 49.9 Å². The summed E-state index contributed by atoms with van der Waals surface area (Å²) in [4.78, 5) is 1.97. The minimum atomic E-state index is -0.348. The molecule has 2 N–H and O–H groups in total. The Morgan fingerprint density at radius 3 is 2.72 bits per heavy atom. The molecule has 4 heteroatoms. The van der Waals surface area contributed by atoms with Crippen LogP contribution in [0, 0.1) is 0 Å². The van der Waals surface area contributed by atoms with Crippen molar-refractivity contribution in [3.63, 3.8) is 0 Å². The summed E-state index contributed by atoms with van der Waals surface area (Å²) in [5, 5.41) is 13.0. The molecule has 0 saturated heterocycles. The molecule has 0 aliphatic rings. The summed E-state index contributed by atoms with van der Waals surface area (Å²) in [5.74, 6) is 0.912. The number of nitrogens with one attached hydrogen (secondary N) is 1. The van der Waals surface area contributed by atoms with Crippen LogP contribution in [0.25, 0.3) is 0 Å². The summed E-state index contributed by atoms with van der Waals surface area (Å²) < 4.78 is 5.55. The van der Waals surface area contributed by atoms with E-state index in [0.717, 1.165) is 11.3 Å². The monoisotopic (exact) mass is 252 g/mol. The number of hydrogen-bond acceptors (Lipinski definition) is 4. The Hall–Kier alpha value is -1.10. The zero-order chi connectivity index (χ0) is 13.4. The van der Waals surface area contributed by atoms with Crippen LogP contribution in [0.1, 0.15) is 12.5 Å². The van der Waals surface area contributed by atoms with Gasteiger partial charge < -0.3 is 20.1 Å². The highest BCUT2D eigenvalue weighted by Gasteiger charge is 2.06. The van der Waals surface area contributed by atoms with Gasteiger partial charge >= 0.3 is 0 Å². The Labute approximate surface area is 110 Å². The Kier molecular flexibility index (Phi) is 6.72. The van der Waals surface area contributed by atoms with Crippen LogP contribution < -0.4 is 10.1 Å². The number of aliphatic hydroxyl groups is 1. The molecule has 0 radical (unpaired) electrons. The van der Waals surface area contributed by atoms with Crippen molar-refractivity contribution >= 4 is 0 Å². The van der Waals surface area contributed by atoms with Crippen LogP contribution in [0.15, 0.2) is 24.3 Å². The Morgan fingerprint density at radius 1 is 1.33 bits per heavy atom. The van der Waals surface area contributed by atoms with Crippen LogP contribution in [0.4, 0.5) is 0 Å². The maximum absolute atomic E-state index is 9.73. The highest BCUT2D eigenvalue weighted by atomic mass is 16.5. The fourth-order valence-electron chi connectivity index (χ4n) is 1.81. The first-order chi connectivity index (χ1) is 8.63. The first-order valence-electron chi connectivity index (χ1n) is 6.37. The van der Waals surface area contributed by atoms with E-state index >= 15 is 0 Å². The van der Waals surface area contributed by atoms with E-state index in [-0.39, 0.29) is 6.10 Å². The average Bonchev–Trinajstić information content (AvgIpc) is 2.30. The molecule has 0 saturated carbocycles. The molecule has 0 fully saturated rings. The van der Waals surface area contributed by atoms with E-state index < -0.39 is 0 Å². The molecule has 1 aromatic carbocycles. The molecule has 102 valence electrons. The Morgan fingerprint density at radius 2 is 2.06 bits per heavy atom. The third-order valence-corrected chi connectivity index (χ3v) is 2.54. The number of nitrogens with zero attached hydrogens (tertiary/aromatic N) is 1. The van der Waals surface area contributed by atoms with Crippen molar-refractivity contribution in [2.24, 2.45) is 0 Å². The predicted molar refractivity (Wildman–Crippen MR) is 73.9 cm³/mol. The lowest BCUT2D eigenvalue weighted by molar-refractivity contribution is 0.134. The predicted octanol–water partition coefficient (Wildman–Crippen LogP) is 1.10. The second-order valence-corrected chi connectivity index (χ2v) is 4.59. The van der Waals surface area contributed by atoms with Gasteiger partial charge in [-0.15, -0.1) is 0 Å². The first-order valence-corrected chi connectivity index (χ1v) is 6.37. The van der Waals surface area contributed by atoms with Gasteiger partial charge in [0, 0.05) is 25.2 Å². The van der Waals surface area contributed by atoms with Gasteiger partial charge in [-0.05, 0) is 27.1 Å². The van der Waals surface area contributed by atoms with Crippen LogP contribution >= 0.6 is 0 Å². The minimum Gasteiger partial charge on any atom is -0.494 e. The molecule has 1 rings (SSSR count). The second-order valence-electron chi connectivity index (χ2n) is 4.59. The molecule has 0 heterocycles. The number of likely N-dealkylation sites (N-methyl/N-ethyl adjacent to an activating group) is 1. The molecule has 4 nitrogen and oxygen atoms in total. The third-order valence-electron chi connectivity index (χ3n) is 2.54. The van der Waals surface area contributed by atoms with Gasteiger partial charge in [0.2, 0.25) is 0 Å². The van der Waals surface area contributed by atoms with E-state index in [0.29, 0.717) is 26.2 Å². The maximum Gasteiger partial charge on any atom is 0.123 e. The van der Waals surface area contributed by atoms with Crippen LogP contribution in [0.2, 0.25) is 0 Å². The molecular formula is C14H24N2O2. The molecule has 0 amide bonds. The van der Waals surface area contributed by atoms with Crippen molar-refractivity contribution in [2.45, 2.75) is 19.6 Å². The number of rotatable bonds is 8. The largest absolute Gasteiger partial charge is 0.494 e.